The normalized spacial score (nSPS) is 29.4. The summed E-state index contributed by atoms with van der Waals surface area (Å²) in [5, 5.41) is 9.70. The first-order chi connectivity index (χ1) is 5.95. The fourth-order valence-corrected chi connectivity index (χ4v) is 1.78. The maximum atomic E-state index is 11.6. The molecule has 1 saturated carbocycles. The average Bonchev–Trinajstić information content (AvgIpc) is 1.99. The lowest BCUT2D eigenvalue weighted by Crippen LogP contribution is -2.31. The van der Waals surface area contributed by atoms with Gasteiger partial charge in [0.05, 0.1) is 6.10 Å². The Hall–Kier alpha value is -0.890. The standard InChI is InChI=1S/C11H16O2/c1-6(2)10-8(4)11(13)7(3)5-9(10)12/h7,11,13H,4-5H2,1-3H3/t7-,11?/m1/s1. The molecule has 2 atom stereocenters. The molecule has 13 heavy (non-hydrogen) atoms. The molecule has 0 aromatic heterocycles. The zero-order chi connectivity index (χ0) is 10.2. The van der Waals surface area contributed by atoms with E-state index in [1.54, 1.807) is 0 Å². The summed E-state index contributed by atoms with van der Waals surface area (Å²) in [5.41, 5.74) is 2.18. The van der Waals surface area contributed by atoms with Gasteiger partial charge in [-0.25, -0.2) is 0 Å². The van der Waals surface area contributed by atoms with Crippen LogP contribution in [0.25, 0.3) is 0 Å². The Balaban J connectivity index is 3.07. The quantitative estimate of drug-likeness (QED) is 0.578. The van der Waals surface area contributed by atoms with Crippen molar-refractivity contribution in [2.45, 2.75) is 33.3 Å². The van der Waals surface area contributed by atoms with Crippen molar-refractivity contribution in [3.63, 3.8) is 0 Å². The molecular weight excluding hydrogens is 164 g/mol. The molecule has 1 rings (SSSR count). The van der Waals surface area contributed by atoms with Crippen LogP contribution in [0.3, 0.4) is 0 Å². The van der Waals surface area contributed by atoms with Gasteiger partial charge >= 0.3 is 0 Å². The predicted molar refractivity (Wildman–Crippen MR) is 52.3 cm³/mol. The summed E-state index contributed by atoms with van der Waals surface area (Å²) in [6.45, 7) is 9.39. The largest absolute Gasteiger partial charge is 0.388 e. The molecule has 0 radical (unpaired) electrons. The Labute approximate surface area is 79.0 Å². The Morgan fingerprint density at radius 2 is 2.08 bits per heavy atom. The number of allylic oxidation sites excluding steroid dienone is 1. The van der Waals surface area contributed by atoms with Gasteiger partial charge in [-0.05, 0) is 25.3 Å². The summed E-state index contributed by atoms with van der Waals surface area (Å²) in [5.74, 6) is 0.117. The smallest absolute Gasteiger partial charge is 0.163 e. The topological polar surface area (TPSA) is 37.3 Å². The summed E-state index contributed by atoms with van der Waals surface area (Å²) in [6, 6.07) is 0. The minimum absolute atomic E-state index is 0.00287. The molecule has 0 spiro atoms. The van der Waals surface area contributed by atoms with Crippen LogP contribution in [-0.2, 0) is 4.79 Å². The van der Waals surface area contributed by atoms with Crippen molar-refractivity contribution in [1.29, 1.82) is 0 Å². The van der Waals surface area contributed by atoms with Gasteiger partial charge in [0.2, 0.25) is 0 Å². The number of aliphatic hydroxyl groups excluding tert-OH is 1. The fraction of sp³-hybridized carbons (Fsp3) is 0.545. The van der Waals surface area contributed by atoms with Crippen molar-refractivity contribution in [2.75, 3.05) is 0 Å². The molecule has 2 heteroatoms. The van der Waals surface area contributed by atoms with E-state index in [0.717, 1.165) is 5.57 Å². The van der Waals surface area contributed by atoms with Gasteiger partial charge in [0.1, 0.15) is 0 Å². The van der Waals surface area contributed by atoms with Crippen molar-refractivity contribution >= 4 is 5.78 Å². The van der Waals surface area contributed by atoms with E-state index in [1.165, 1.54) is 0 Å². The summed E-state index contributed by atoms with van der Waals surface area (Å²) in [7, 11) is 0. The number of rotatable bonds is 0. The Morgan fingerprint density at radius 3 is 2.54 bits per heavy atom. The van der Waals surface area contributed by atoms with E-state index in [4.69, 9.17) is 0 Å². The second-order valence-electron chi connectivity index (χ2n) is 3.95. The highest BCUT2D eigenvalue weighted by Gasteiger charge is 2.31. The molecule has 0 aromatic rings. The first-order valence-corrected chi connectivity index (χ1v) is 4.53. The molecule has 0 aliphatic heterocycles. The van der Waals surface area contributed by atoms with Crippen LogP contribution in [0.2, 0.25) is 0 Å². The van der Waals surface area contributed by atoms with Crippen LogP contribution in [0, 0.1) is 5.92 Å². The summed E-state index contributed by atoms with van der Waals surface area (Å²) >= 11 is 0. The van der Waals surface area contributed by atoms with Gasteiger partial charge in [-0.2, -0.15) is 0 Å². The predicted octanol–water partition coefficient (Wildman–Crippen LogP) is 1.85. The van der Waals surface area contributed by atoms with Gasteiger partial charge in [0.25, 0.3) is 0 Å². The van der Waals surface area contributed by atoms with Gasteiger partial charge in [-0.1, -0.05) is 19.1 Å². The molecule has 72 valence electrons. The van der Waals surface area contributed by atoms with Crippen LogP contribution in [0.5, 0.6) is 0 Å². The van der Waals surface area contributed by atoms with Crippen molar-refractivity contribution < 1.29 is 9.90 Å². The van der Waals surface area contributed by atoms with E-state index < -0.39 is 6.10 Å². The third-order valence-electron chi connectivity index (χ3n) is 2.50. The van der Waals surface area contributed by atoms with Crippen LogP contribution >= 0.6 is 0 Å². The molecule has 0 heterocycles. The summed E-state index contributed by atoms with van der Waals surface area (Å²) < 4.78 is 0. The van der Waals surface area contributed by atoms with E-state index in [9.17, 15) is 9.90 Å². The Morgan fingerprint density at radius 1 is 1.54 bits per heavy atom. The second-order valence-corrected chi connectivity index (χ2v) is 3.95. The highest BCUT2D eigenvalue weighted by molar-refractivity contribution is 6.01. The third kappa shape index (κ3) is 1.73. The molecule has 1 fully saturated rings. The maximum Gasteiger partial charge on any atom is 0.163 e. The Bertz CT molecular complexity index is 282. The molecule has 0 amide bonds. The minimum Gasteiger partial charge on any atom is -0.388 e. The first kappa shape index (κ1) is 10.2. The van der Waals surface area contributed by atoms with Gasteiger partial charge < -0.3 is 5.11 Å². The SMILES string of the molecule is C=C1C(=C(C)C)C(=O)C[C@@H](C)C1O. The van der Waals surface area contributed by atoms with Crippen molar-refractivity contribution in [3.8, 4) is 0 Å². The molecule has 1 N–H and O–H groups in total. The van der Waals surface area contributed by atoms with Crippen LogP contribution < -0.4 is 0 Å². The molecule has 0 bridgehead atoms. The van der Waals surface area contributed by atoms with Gasteiger partial charge in [0.15, 0.2) is 5.78 Å². The van der Waals surface area contributed by atoms with Crippen molar-refractivity contribution in [2.24, 2.45) is 5.92 Å². The molecule has 0 saturated heterocycles. The third-order valence-corrected chi connectivity index (χ3v) is 2.50. The lowest BCUT2D eigenvalue weighted by molar-refractivity contribution is -0.118. The van der Waals surface area contributed by atoms with E-state index >= 15 is 0 Å². The monoisotopic (exact) mass is 180 g/mol. The van der Waals surface area contributed by atoms with Crippen LogP contribution in [-0.4, -0.2) is 17.0 Å². The van der Waals surface area contributed by atoms with Gasteiger partial charge in [0, 0.05) is 12.0 Å². The highest BCUT2D eigenvalue weighted by Crippen LogP contribution is 2.31. The molecular formula is C11H16O2. The molecule has 1 unspecified atom stereocenters. The zero-order valence-corrected chi connectivity index (χ0v) is 8.42. The number of carbonyl (C=O) groups is 1. The van der Waals surface area contributed by atoms with Gasteiger partial charge in [-0.3, -0.25) is 4.79 Å². The minimum atomic E-state index is -0.553. The average molecular weight is 180 g/mol. The van der Waals surface area contributed by atoms with Crippen LogP contribution in [0.4, 0.5) is 0 Å². The lowest BCUT2D eigenvalue weighted by Gasteiger charge is -2.28. The second kappa shape index (κ2) is 3.46. The highest BCUT2D eigenvalue weighted by atomic mass is 16.3. The van der Waals surface area contributed by atoms with E-state index in [0.29, 0.717) is 17.6 Å². The number of Topliss-reactive ketones (excluding diaryl/α,β-unsaturated/α-hetero) is 1. The number of hydrogen-bond acceptors (Lipinski definition) is 2. The lowest BCUT2D eigenvalue weighted by atomic mass is 9.79. The van der Waals surface area contributed by atoms with Crippen LogP contribution in [0.15, 0.2) is 23.3 Å². The van der Waals surface area contributed by atoms with E-state index in [2.05, 4.69) is 6.58 Å². The number of carbonyl (C=O) groups excluding carboxylic acids is 1. The molecule has 0 aromatic carbocycles. The molecule has 2 nitrogen and oxygen atoms in total. The van der Waals surface area contributed by atoms with E-state index in [1.807, 2.05) is 20.8 Å². The van der Waals surface area contributed by atoms with Gasteiger partial charge in [-0.15, -0.1) is 0 Å². The summed E-state index contributed by atoms with van der Waals surface area (Å²) in [4.78, 5) is 11.6. The summed E-state index contributed by atoms with van der Waals surface area (Å²) in [6.07, 6.45) is -0.122. The van der Waals surface area contributed by atoms with Crippen molar-refractivity contribution in [3.05, 3.63) is 23.3 Å². The maximum absolute atomic E-state index is 11.6. The first-order valence-electron chi connectivity index (χ1n) is 4.53. The van der Waals surface area contributed by atoms with E-state index in [-0.39, 0.29) is 11.7 Å². The Kier molecular flexibility index (Phi) is 2.71. The zero-order valence-electron chi connectivity index (χ0n) is 8.42. The van der Waals surface area contributed by atoms with Crippen LogP contribution in [0.1, 0.15) is 27.2 Å². The number of ketones is 1. The number of aliphatic hydroxyl groups is 1. The van der Waals surface area contributed by atoms with Crippen molar-refractivity contribution in [1.82, 2.24) is 0 Å². The fourth-order valence-electron chi connectivity index (χ4n) is 1.78. The molecule has 1 aliphatic rings. The number of hydrogen-bond donors (Lipinski definition) is 1. The molecule has 1 aliphatic carbocycles.